The van der Waals surface area contributed by atoms with Gasteiger partial charge in [-0.05, 0) is 43.2 Å². The minimum atomic E-state index is -0.525. The molecule has 0 aromatic heterocycles. The number of benzene rings is 1. The van der Waals surface area contributed by atoms with Gasteiger partial charge in [-0.2, -0.15) is 0 Å². The molecule has 0 amide bonds. The molecule has 114 valence electrons. The quantitative estimate of drug-likeness (QED) is 0.703. The first-order valence-electron chi connectivity index (χ1n) is 8.04. The first kappa shape index (κ1) is 17.2. The highest BCUT2D eigenvalue weighted by Crippen LogP contribution is 2.26. The van der Waals surface area contributed by atoms with Gasteiger partial charge in [0, 0.05) is 0 Å². The number of rotatable bonds is 9. The van der Waals surface area contributed by atoms with Crippen LogP contribution in [-0.4, -0.2) is 15.8 Å². The van der Waals surface area contributed by atoms with E-state index in [-0.39, 0.29) is 6.10 Å². The maximum absolute atomic E-state index is 10.6. The molecule has 2 N–H and O–H groups in total. The van der Waals surface area contributed by atoms with Crippen LogP contribution in [0.4, 0.5) is 0 Å². The van der Waals surface area contributed by atoms with Crippen molar-refractivity contribution >= 4 is 0 Å². The summed E-state index contributed by atoms with van der Waals surface area (Å²) in [5.74, 6) is 0. The van der Waals surface area contributed by atoms with Crippen LogP contribution >= 0.6 is 0 Å². The van der Waals surface area contributed by atoms with Crippen molar-refractivity contribution in [2.24, 2.45) is 0 Å². The van der Waals surface area contributed by atoms with Crippen LogP contribution in [0.2, 0.25) is 0 Å². The molecule has 0 bridgehead atoms. The van der Waals surface area contributed by atoms with E-state index in [2.05, 4.69) is 26.0 Å². The third kappa shape index (κ3) is 5.26. The van der Waals surface area contributed by atoms with Crippen LogP contribution in [-0.2, 0) is 6.42 Å². The monoisotopic (exact) mass is 278 g/mol. The molecule has 1 aromatic carbocycles. The van der Waals surface area contributed by atoms with Crippen LogP contribution in [0.15, 0.2) is 24.3 Å². The van der Waals surface area contributed by atoms with Crippen molar-refractivity contribution in [3.63, 3.8) is 0 Å². The standard InChI is InChI=1S/C18H30O2/c1-4-11-18(20,12-5-2)13-10-15-8-7-9-16(14-15)17(19)6-3/h7-9,14,17,19-20H,4-6,10-13H2,1-3H3/t17-/m1/s1. The third-order valence-electron chi connectivity index (χ3n) is 4.03. The Bertz CT molecular complexity index is 381. The van der Waals surface area contributed by atoms with Crippen LogP contribution in [0.3, 0.4) is 0 Å². The van der Waals surface area contributed by atoms with E-state index in [1.807, 2.05) is 19.1 Å². The normalized spacial score (nSPS) is 13.4. The lowest BCUT2D eigenvalue weighted by Gasteiger charge is -2.27. The van der Waals surface area contributed by atoms with Crippen molar-refractivity contribution in [3.8, 4) is 0 Å². The molecule has 0 radical (unpaired) electrons. The molecule has 0 unspecified atom stereocenters. The van der Waals surface area contributed by atoms with E-state index in [0.29, 0.717) is 0 Å². The summed E-state index contributed by atoms with van der Waals surface area (Å²) in [4.78, 5) is 0. The van der Waals surface area contributed by atoms with Gasteiger partial charge < -0.3 is 10.2 Å². The van der Waals surface area contributed by atoms with Crippen molar-refractivity contribution < 1.29 is 10.2 Å². The van der Waals surface area contributed by atoms with Gasteiger partial charge in [-0.15, -0.1) is 0 Å². The highest BCUT2D eigenvalue weighted by Gasteiger charge is 2.24. The summed E-state index contributed by atoms with van der Waals surface area (Å²) in [6.07, 6.45) is 5.83. The van der Waals surface area contributed by atoms with Crippen molar-refractivity contribution in [3.05, 3.63) is 35.4 Å². The molecule has 1 rings (SSSR count). The molecule has 0 saturated heterocycles. The number of aliphatic hydroxyl groups is 2. The van der Waals surface area contributed by atoms with E-state index in [0.717, 1.165) is 50.5 Å². The Hall–Kier alpha value is -0.860. The summed E-state index contributed by atoms with van der Waals surface area (Å²) in [7, 11) is 0. The second-order valence-electron chi connectivity index (χ2n) is 5.89. The van der Waals surface area contributed by atoms with E-state index in [4.69, 9.17) is 0 Å². The molecule has 0 spiro atoms. The summed E-state index contributed by atoms with van der Waals surface area (Å²) >= 11 is 0. The third-order valence-corrected chi connectivity index (χ3v) is 4.03. The van der Waals surface area contributed by atoms with Crippen molar-refractivity contribution in [2.45, 2.75) is 77.4 Å². The SMILES string of the molecule is CCCC(O)(CCC)CCc1cccc([C@H](O)CC)c1. The molecular formula is C18H30O2. The van der Waals surface area contributed by atoms with Crippen LogP contribution in [0, 0.1) is 0 Å². The average molecular weight is 278 g/mol. The highest BCUT2D eigenvalue weighted by atomic mass is 16.3. The summed E-state index contributed by atoms with van der Waals surface area (Å²) in [5.41, 5.74) is 1.67. The average Bonchev–Trinajstić information content (AvgIpc) is 2.45. The molecule has 2 heteroatoms. The molecule has 0 saturated carbocycles. The molecule has 0 heterocycles. The van der Waals surface area contributed by atoms with Crippen molar-refractivity contribution in [2.75, 3.05) is 0 Å². The van der Waals surface area contributed by atoms with Gasteiger partial charge in [0.05, 0.1) is 11.7 Å². The smallest absolute Gasteiger partial charge is 0.0787 e. The second-order valence-corrected chi connectivity index (χ2v) is 5.89. The zero-order chi connectivity index (χ0) is 15.0. The van der Waals surface area contributed by atoms with Gasteiger partial charge in [0.2, 0.25) is 0 Å². The fourth-order valence-electron chi connectivity index (χ4n) is 2.87. The molecule has 0 aliphatic rings. The largest absolute Gasteiger partial charge is 0.390 e. The van der Waals surface area contributed by atoms with E-state index >= 15 is 0 Å². The Kier molecular flexibility index (Phi) is 7.25. The Balaban J connectivity index is 2.68. The van der Waals surface area contributed by atoms with Gasteiger partial charge >= 0.3 is 0 Å². The van der Waals surface area contributed by atoms with Crippen molar-refractivity contribution in [1.82, 2.24) is 0 Å². The van der Waals surface area contributed by atoms with Crippen LogP contribution in [0.25, 0.3) is 0 Å². The van der Waals surface area contributed by atoms with E-state index in [9.17, 15) is 10.2 Å². The zero-order valence-corrected chi connectivity index (χ0v) is 13.2. The predicted octanol–water partition coefficient (Wildman–Crippen LogP) is 4.39. The first-order chi connectivity index (χ1) is 9.54. The molecule has 1 aromatic rings. The Morgan fingerprint density at radius 3 is 2.25 bits per heavy atom. The molecular weight excluding hydrogens is 248 g/mol. The first-order valence-corrected chi connectivity index (χ1v) is 8.04. The number of hydrogen-bond acceptors (Lipinski definition) is 2. The summed E-state index contributed by atoms with van der Waals surface area (Å²) in [5, 5.41) is 20.5. The van der Waals surface area contributed by atoms with Gasteiger partial charge in [0.25, 0.3) is 0 Å². The van der Waals surface area contributed by atoms with E-state index in [1.54, 1.807) is 0 Å². The van der Waals surface area contributed by atoms with Gasteiger partial charge in [0.15, 0.2) is 0 Å². The summed E-state index contributed by atoms with van der Waals surface area (Å²) < 4.78 is 0. The van der Waals surface area contributed by atoms with E-state index in [1.165, 1.54) is 5.56 Å². The van der Waals surface area contributed by atoms with Crippen LogP contribution in [0.1, 0.15) is 76.5 Å². The summed E-state index contributed by atoms with van der Waals surface area (Å²) in [6, 6.07) is 8.14. The Morgan fingerprint density at radius 1 is 1.05 bits per heavy atom. The maximum atomic E-state index is 10.6. The highest BCUT2D eigenvalue weighted by molar-refractivity contribution is 5.25. The topological polar surface area (TPSA) is 40.5 Å². The van der Waals surface area contributed by atoms with Gasteiger partial charge in [-0.25, -0.2) is 0 Å². The maximum Gasteiger partial charge on any atom is 0.0787 e. The summed E-state index contributed by atoms with van der Waals surface area (Å²) in [6.45, 7) is 6.23. The zero-order valence-electron chi connectivity index (χ0n) is 13.2. The van der Waals surface area contributed by atoms with Gasteiger partial charge in [-0.1, -0.05) is 57.9 Å². The Labute approximate surface area is 123 Å². The molecule has 1 atom stereocenters. The molecule has 2 nitrogen and oxygen atoms in total. The van der Waals surface area contributed by atoms with Gasteiger partial charge in [0.1, 0.15) is 0 Å². The lowest BCUT2D eigenvalue weighted by molar-refractivity contribution is 0.0132. The van der Waals surface area contributed by atoms with Crippen LogP contribution in [0.5, 0.6) is 0 Å². The lowest BCUT2D eigenvalue weighted by atomic mass is 9.86. The minimum Gasteiger partial charge on any atom is -0.390 e. The minimum absolute atomic E-state index is 0.375. The number of aryl methyl sites for hydroxylation is 1. The predicted molar refractivity (Wildman–Crippen MR) is 84.8 cm³/mol. The lowest BCUT2D eigenvalue weighted by Crippen LogP contribution is -2.28. The Morgan fingerprint density at radius 2 is 1.70 bits per heavy atom. The fraction of sp³-hybridized carbons (Fsp3) is 0.667. The fourth-order valence-corrected chi connectivity index (χ4v) is 2.87. The molecule has 0 aliphatic heterocycles. The van der Waals surface area contributed by atoms with Crippen LogP contribution < -0.4 is 0 Å². The van der Waals surface area contributed by atoms with E-state index < -0.39 is 5.60 Å². The molecule has 20 heavy (non-hydrogen) atoms. The van der Waals surface area contributed by atoms with Crippen molar-refractivity contribution in [1.29, 1.82) is 0 Å². The van der Waals surface area contributed by atoms with Gasteiger partial charge in [-0.3, -0.25) is 0 Å². The number of hydrogen-bond donors (Lipinski definition) is 2. The molecule has 0 aliphatic carbocycles. The number of aliphatic hydroxyl groups excluding tert-OH is 1. The second kappa shape index (κ2) is 8.43. The molecule has 0 fully saturated rings.